The third-order valence-electron chi connectivity index (χ3n) is 5.12. The highest BCUT2D eigenvalue weighted by Crippen LogP contribution is 2.46. The predicted octanol–water partition coefficient (Wildman–Crippen LogP) is 2.47. The second-order valence-electron chi connectivity index (χ2n) is 6.85. The van der Waals surface area contributed by atoms with Crippen LogP contribution in [0.1, 0.15) is 22.5 Å². The number of fused-ring (bicyclic) bond motifs is 1. The number of nitrogens with zero attached hydrogens (tertiary/aromatic N) is 3. The van der Waals surface area contributed by atoms with E-state index >= 15 is 0 Å². The zero-order chi connectivity index (χ0) is 21.1. The summed E-state index contributed by atoms with van der Waals surface area (Å²) in [5.41, 5.74) is 5.90. The molecule has 3 N–H and O–H groups in total. The summed E-state index contributed by atoms with van der Waals surface area (Å²) in [5.74, 6) is -0.355. The lowest BCUT2D eigenvalue weighted by Crippen LogP contribution is -2.47. The first-order chi connectivity index (χ1) is 14.5. The van der Waals surface area contributed by atoms with Crippen molar-refractivity contribution in [2.45, 2.75) is 12.0 Å². The van der Waals surface area contributed by atoms with Gasteiger partial charge in [-0.1, -0.05) is 11.8 Å². The van der Waals surface area contributed by atoms with Gasteiger partial charge in [0, 0.05) is 35.9 Å². The number of halogens is 2. The molecule has 30 heavy (non-hydrogen) atoms. The summed E-state index contributed by atoms with van der Waals surface area (Å²) in [7, 11) is 0. The molecule has 0 radical (unpaired) electrons. The first-order valence-corrected chi connectivity index (χ1v) is 10.2. The molecule has 4 rings (SSSR count). The number of carbonyl (C=O) groups is 1. The van der Waals surface area contributed by atoms with Crippen LogP contribution in [-0.4, -0.2) is 46.9 Å². The maximum absolute atomic E-state index is 14.9. The zero-order valence-electron chi connectivity index (χ0n) is 15.8. The topological polar surface area (TPSA) is 112 Å². The van der Waals surface area contributed by atoms with E-state index in [0.717, 1.165) is 6.20 Å². The number of hydrogen-bond donors (Lipinski definition) is 2. The molecular weight excluding hydrogens is 416 g/mol. The van der Waals surface area contributed by atoms with E-state index in [2.05, 4.69) is 25.0 Å². The molecule has 1 aromatic heterocycles. The smallest absolute Gasteiger partial charge is 0.275 e. The summed E-state index contributed by atoms with van der Waals surface area (Å²) in [5, 5.41) is 3.09. The summed E-state index contributed by atoms with van der Waals surface area (Å²) in [4.78, 5) is 24.8. The normalized spacial score (nSPS) is 23.3. The van der Waals surface area contributed by atoms with Gasteiger partial charge >= 0.3 is 0 Å². The number of benzene rings is 1. The predicted molar refractivity (Wildman–Crippen MR) is 108 cm³/mol. The van der Waals surface area contributed by atoms with Crippen LogP contribution in [0.3, 0.4) is 0 Å². The Morgan fingerprint density at radius 2 is 2.27 bits per heavy atom. The van der Waals surface area contributed by atoms with E-state index in [9.17, 15) is 13.6 Å². The van der Waals surface area contributed by atoms with Crippen molar-refractivity contribution in [1.29, 1.82) is 0 Å². The number of thioether (sulfide) groups is 1. The molecule has 0 aliphatic carbocycles. The number of carbonyl (C=O) groups excluding carboxylic acids is 1. The van der Waals surface area contributed by atoms with Crippen LogP contribution in [0.15, 0.2) is 35.6 Å². The van der Waals surface area contributed by atoms with Gasteiger partial charge in [0.15, 0.2) is 5.17 Å². The molecule has 158 valence electrons. The second kappa shape index (κ2) is 8.52. The number of rotatable bonds is 5. The molecule has 8 nitrogen and oxygen atoms in total. The highest BCUT2D eigenvalue weighted by molar-refractivity contribution is 8.13. The standard InChI is InChI=1S/C19H19F2N5O3S/c20-10-29-16-7-23-15(6-24-16)17(27)25-12-1-2-14(21)13(5-12)19-3-4-28-8-11(19)9-30-18(22)26-19/h1-2,5-7,11H,3-4,8-10H2,(H2,22,26)(H,25,27)/t11-,19+/m0/s1. The number of aromatic nitrogens is 2. The van der Waals surface area contributed by atoms with Gasteiger partial charge in [-0.05, 0) is 18.2 Å². The minimum absolute atomic E-state index is 0.00511. The fraction of sp³-hybridized carbons (Fsp3) is 0.368. The summed E-state index contributed by atoms with van der Waals surface area (Å²) >= 11 is 1.43. The molecule has 11 heteroatoms. The van der Waals surface area contributed by atoms with Gasteiger partial charge in [0.05, 0.1) is 24.5 Å². The van der Waals surface area contributed by atoms with Crippen LogP contribution in [0, 0.1) is 11.7 Å². The Labute approximate surface area is 175 Å². The SMILES string of the molecule is NC1=N[C@]2(c3cc(NC(=O)c4cnc(OCF)cn4)ccc3F)CCOC[C@H]2CS1. The van der Waals surface area contributed by atoms with E-state index < -0.39 is 24.1 Å². The number of nitrogens with one attached hydrogen (secondary N) is 1. The molecule has 1 amide bonds. The highest BCUT2D eigenvalue weighted by atomic mass is 32.2. The number of ether oxygens (including phenoxy) is 2. The molecule has 2 aromatic rings. The fourth-order valence-electron chi connectivity index (χ4n) is 3.65. The van der Waals surface area contributed by atoms with E-state index in [1.165, 1.54) is 30.1 Å². The third-order valence-corrected chi connectivity index (χ3v) is 6.07. The van der Waals surface area contributed by atoms with Gasteiger partial charge in [-0.3, -0.25) is 9.79 Å². The van der Waals surface area contributed by atoms with Crippen molar-refractivity contribution < 1.29 is 23.0 Å². The summed E-state index contributed by atoms with van der Waals surface area (Å²) in [6.07, 6.45) is 2.81. The lowest BCUT2D eigenvalue weighted by Gasteiger charge is -2.44. The molecule has 2 aliphatic heterocycles. The number of amides is 1. The number of anilines is 1. The molecule has 1 fully saturated rings. The molecule has 0 bridgehead atoms. The van der Waals surface area contributed by atoms with Crippen LogP contribution in [0.4, 0.5) is 14.5 Å². The summed E-state index contributed by atoms with van der Waals surface area (Å²) in [6.45, 7) is -0.141. The minimum atomic E-state index is -1.04. The van der Waals surface area contributed by atoms with Gasteiger partial charge in [-0.15, -0.1) is 0 Å². The Hall–Kier alpha value is -2.79. The molecule has 2 aliphatic rings. The molecule has 0 spiro atoms. The van der Waals surface area contributed by atoms with Crippen molar-refractivity contribution in [2.75, 3.05) is 31.1 Å². The van der Waals surface area contributed by atoms with Crippen molar-refractivity contribution in [3.63, 3.8) is 0 Å². The number of nitrogens with two attached hydrogens (primary N) is 1. The summed E-state index contributed by atoms with van der Waals surface area (Å²) < 4.78 is 37.2. The van der Waals surface area contributed by atoms with Crippen LogP contribution in [0.2, 0.25) is 0 Å². The lowest BCUT2D eigenvalue weighted by molar-refractivity contribution is 0.00886. The zero-order valence-corrected chi connectivity index (χ0v) is 16.6. The van der Waals surface area contributed by atoms with Crippen molar-refractivity contribution in [3.8, 4) is 5.88 Å². The van der Waals surface area contributed by atoms with Crippen molar-refractivity contribution in [2.24, 2.45) is 16.6 Å². The molecule has 1 aromatic carbocycles. The van der Waals surface area contributed by atoms with Gasteiger partial charge in [-0.2, -0.15) is 0 Å². The minimum Gasteiger partial charge on any atom is -0.445 e. The largest absolute Gasteiger partial charge is 0.445 e. The van der Waals surface area contributed by atoms with Crippen LogP contribution in [-0.2, 0) is 10.3 Å². The Morgan fingerprint density at radius 1 is 1.40 bits per heavy atom. The number of alkyl halides is 1. The quantitative estimate of drug-likeness (QED) is 0.742. The molecule has 1 saturated heterocycles. The Bertz CT molecular complexity index is 975. The number of hydrogen-bond acceptors (Lipinski definition) is 8. The van der Waals surface area contributed by atoms with Crippen molar-refractivity contribution in [1.82, 2.24) is 9.97 Å². The van der Waals surface area contributed by atoms with E-state index in [1.807, 2.05) is 0 Å². The maximum atomic E-state index is 14.9. The summed E-state index contributed by atoms with van der Waals surface area (Å²) in [6, 6.07) is 4.33. The molecule has 2 atom stereocenters. The van der Waals surface area contributed by atoms with Gasteiger partial charge in [0.25, 0.3) is 5.91 Å². The van der Waals surface area contributed by atoms with Gasteiger partial charge in [0.2, 0.25) is 12.7 Å². The third kappa shape index (κ3) is 3.94. The van der Waals surface area contributed by atoms with Crippen LogP contribution >= 0.6 is 11.8 Å². The van der Waals surface area contributed by atoms with Crippen LogP contribution < -0.4 is 15.8 Å². The average molecular weight is 435 g/mol. The first kappa shape index (κ1) is 20.5. The number of aliphatic imine (C=N–C) groups is 1. The Kier molecular flexibility index (Phi) is 5.82. The van der Waals surface area contributed by atoms with Gasteiger partial charge in [-0.25, -0.2) is 18.7 Å². The lowest BCUT2D eigenvalue weighted by atomic mass is 9.75. The van der Waals surface area contributed by atoms with Crippen molar-refractivity contribution in [3.05, 3.63) is 47.7 Å². The molecular formula is C19H19F2N5O3S. The van der Waals surface area contributed by atoms with Crippen LogP contribution in [0.5, 0.6) is 5.88 Å². The average Bonchev–Trinajstić information content (AvgIpc) is 2.75. The van der Waals surface area contributed by atoms with Gasteiger partial charge < -0.3 is 20.5 Å². The molecule has 0 saturated carbocycles. The van der Waals surface area contributed by atoms with E-state index in [1.54, 1.807) is 6.07 Å². The second-order valence-corrected chi connectivity index (χ2v) is 7.89. The number of amidine groups is 1. The van der Waals surface area contributed by atoms with E-state index in [0.29, 0.717) is 41.8 Å². The van der Waals surface area contributed by atoms with E-state index in [-0.39, 0.29) is 17.5 Å². The molecule has 3 heterocycles. The first-order valence-electron chi connectivity index (χ1n) is 9.20. The van der Waals surface area contributed by atoms with Gasteiger partial charge in [0.1, 0.15) is 11.5 Å². The van der Waals surface area contributed by atoms with E-state index in [4.69, 9.17) is 10.5 Å². The monoisotopic (exact) mass is 435 g/mol. The van der Waals surface area contributed by atoms with Crippen LogP contribution in [0.25, 0.3) is 0 Å². The Morgan fingerprint density at radius 3 is 3.03 bits per heavy atom. The fourth-order valence-corrected chi connectivity index (χ4v) is 4.62. The van der Waals surface area contributed by atoms with Crippen molar-refractivity contribution >= 4 is 28.5 Å². The molecule has 0 unspecified atom stereocenters. The highest BCUT2D eigenvalue weighted by Gasteiger charge is 2.47. The maximum Gasteiger partial charge on any atom is 0.275 e. The Balaban J connectivity index is 1.62.